The summed E-state index contributed by atoms with van der Waals surface area (Å²) < 4.78 is 84.2. The Hall–Kier alpha value is -2.73. The van der Waals surface area contributed by atoms with Gasteiger partial charge in [-0.15, -0.1) is 11.6 Å². The molecule has 2 amide bonds. The first kappa shape index (κ1) is 24.4. The Morgan fingerprint density at radius 1 is 1.09 bits per heavy atom. The van der Waals surface area contributed by atoms with Crippen LogP contribution in [0.25, 0.3) is 11.1 Å². The molecular weight excluding hydrogens is 513 g/mol. The number of hydrogen-bond acceptors (Lipinski definition) is 4. The summed E-state index contributed by atoms with van der Waals surface area (Å²) >= 11 is 12.0. The van der Waals surface area contributed by atoms with Gasteiger partial charge >= 0.3 is 18.4 Å². The van der Waals surface area contributed by atoms with Gasteiger partial charge in [-0.2, -0.15) is 31.3 Å². The van der Waals surface area contributed by atoms with Gasteiger partial charge in [0.05, 0.1) is 28.4 Å². The van der Waals surface area contributed by atoms with E-state index in [-0.39, 0.29) is 28.6 Å². The highest BCUT2D eigenvalue weighted by Gasteiger charge is 2.37. The predicted octanol–water partition coefficient (Wildman–Crippen LogP) is 6.85. The maximum absolute atomic E-state index is 13.1. The van der Waals surface area contributed by atoms with E-state index < -0.39 is 41.2 Å². The molecule has 0 aliphatic heterocycles. The lowest BCUT2D eigenvalue weighted by Crippen LogP contribution is -2.34. The maximum atomic E-state index is 13.1. The largest absolute Gasteiger partial charge is 0.442 e. The fourth-order valence-corrected chi connectivity index (χ4v) is 4.19. The van der Waals surface area contributed by atoms with E-state index in [1.165, 1.54) is 0 Å². The van der Waals surface area contributed by atoms with Crippen LogP contribution in [0.4, 0.5) is 36.8 Å². The van der Waals surface area contributed by atoms with Crippen molar-refractivity contribution >= 4 is 46.0 Å². The zero-order valence-electron chi connectivity index (χ0n) is 16.9. The summed E-state index contributed by atoms with van der Waals surface area (Å²) in [4.78, 5) is 20.8. The van der Waals surface area contributed by atoms with Gasteiger partial charge in [0.1, 0.15) is 16.7 Å². The third-order valence-corrected chi connectivity index (χ3v) is 5.70. The number of aromatic nitrogens is 2. The number of nitrogens with zero attached hydrogens (tertiary/aromatic N) is 2. The first-order valence-corrected chi connectivity index (χ1v) is 10.7. The number of rotatable bonds is 3. The summed E-state index contributed by atoms with van der Waals surface area (Å²) in [5.41, 5.74) is -3.08. The second-order valence-electron chi connectivity index (χ2n) is 7.52. The number of anilines is 1. The molecule has 0 bridgehead atoms. The number of benzene rings is 1. The second kappa shape index (κ2) is 8.81. The molecule has 2 heterocycles. The molecule has 0 radical (unpaired) electrons. The van der Waals surface area contributed by atoms with Gasteiger partial charge in [0.2, 0.25) is 5.71 Å². The highest BCUT2D eigenvalue weighted by Crippen LogP contribution is 2.40. The third kappa shape index (κ3) is 4.88. The molecule has 14 heteroatoms. The minimum absolute atomic E-state index is 0.0119. The van der Waals surface area contributed by atoms with Gasteiger partial charge < -0.3 is 15.1 Å². The highest BCUT2D eigenvalue weighted by atomic mass is 35.5. The molecule has 3 aromatic rings. The van der Waals surface area contributed by atoms with Crippen LogP contribution < -0.4 is 10.6 Å². The molecule has 2 N–H and O–H groups in total. The number of halogens is 8. The maximum Gasteiger partial charge on any atom is 0.416 e. The molecule has 1 aliphatic carbocycles. The Morgan fingerprint density at radius 2 is 1.74 bits per heavy atom. The molecule has 0 saturated carbocycles. The van der Waals surface area contributed by atoms with E-state index in [4.69, 9.17) is 27.6 Å². The van der Waals surface area contributed by atoms with E-state index >= 15 is 0 Å². The Bertz CT molecular complexity index is 1230. The Balaban J connectivity index is 1.63. The first-order chi connectivity index (χ1) is 15.9. The number of aryl methyl sites for hydroxylation is 1. The van der Waals surface area contributed by atoms with Gasteiger partial charge in [0.15, 0.2) is 0 Å². The number of hydrogen-bond donors (Lipinski definition) is 2. The van der Waals surface area contributed by atoms with Crippen LogP contribution in [0.5, 0.6) is 0 Å². The van der Waals surface area contributed by atoms with Crippen molar-refractivity contribution in [2.45, 2.75) is 43.5 Å². The number of alkyl halides is 7. The first-order valence-electron chi connectivity index (χ1n) is 9.77. The van der Waals surface area contributed by atoms with Crippen LogP contribution in [-0.4, -0.2) is 16.0 Å². The number of furan rings is 1. The quantitative estimate of drug-likeness (QED) is 0.222. The molecule has 1 aromatic carbocycles. The number of fused-ring (bicyclic) bond motifs is 3. The molecular formula is C20H14Cl2F6N4O2. The predicted molar refractivity (Wildman–Crippen MR) is 111 cm³/mol. The van der Waals surface area contributed by atoms with Crippen LogP contribution in [0.2, 0.25) is 5.15 Å². The molecule has 34 heavy (non-hydrogen) atoms. The monoisotopic (exact) mass is 526 g/mol. The topological polar surface area (TPSA) is 80.0 Å². The van der Waals surface area contributed by atoms with Crippen LogP contribution in [0.3, 0.4) is 0 Å². The standard InChI is InChI=1S/C20H14Cl2F6N4O2/c21-7-13-31-16(22)15-14-11(2-1-3-12(14)34-17(15)32-13)30-18(33)29-10-5-8(19(23,24)25)4-9(6-10)20(26,27)28/h4-6,11H,1-3,7H2,(H2,29,30,33). The lowest BCUT2D eigenvalue weighted by atomic mass is 9.92. The minimum Gasteiger partial charge on any atom is -0.442 e. The Labute approximate surface area is 197 Å². The minimum atomic E-state index is -5.04. The van der Waals surface area contributed by atoms with Gasteiger partial charge in [-0.25, -0.2) is 9.78 Å². The van der Waals surface area contributed by atoms with E-state index in [2.05, 4.69) is 20.6 Å². The number of urea groups is 1. The molecule has 4 rings (SSSR count). The van der Waals surface area contributed by atoms with E-state index in [9.17, 15) is 31.1 Å². The Kier molecular flexibility index (Phi) is 6.32. The Morgan fingerprint density at radius 3 is 2.32 bits per heavy atom. The van der Waals surface area contributed by atoms with Gasteiger partial charge in [0.25, 0.3) is 0 Å². The van der Waals surface area contributed by atoms with E-state index in [1.807, 2.05) is 0 Å². The van der Waals surface area contributed by atoms with Crippen molar-refractivity contribution in [1.82, 2.24) is 15.3 Å². The van der Waals surface area contributed by atoms with Crippen molar-refractivity contribution in [2.75, 3.05) is 5.32 Å². The highest BCUT2D eigenvalue weighted by molar-refractivity contribution is 6.34. The average molecular weight is 527 g/mol. The van der Waals surface area contributed by atoms with Crippen molar-refractivity contribution in [3.8, 4) is 0 Å². The fraction of sp³-hybridized carbons (Fsp3) is 0.350. The van der Waals surface area contributed by atoms with Crippen LogP contribution in [0.15, 0.2) is 22.6 Å². The summed E-state index contributed by atoms with van der Waals surface area (Å²) in [7, 11) is 0. The van der Waals surface area contributed by atoms with Crippen LogP contribution in [0, 0.1) is 0 Å². The van der Waals surface area contributed by atoms with Crippen LogP contribution in [-0.2, 0) is 24.7 Å². The van der Waals surface area contributed by atoms with Crippen molar-refractivity contribution in [2.24, 2.45) is 0 Å². The van der Waals surface area contributed by atoms with Crippen molar-refractivity contribution in [1.29, 1.82) is 0 Å². The summed E-state index contributed by atoms with van der Waals surface area (Å²) in [6.45, 7) is 0. The number of nitrogens with one attached hydrogen (secondary N) is 2. The number of carbonyl (C=O) groups is 1. The summed E-state index contributed by atoms with van der Waals surface area (Å²) in [6.07, 6.45) is -8.56. The van der Waals surface area contributed by atoms with E-state index in [0.29, 0.717) is 48.1 Å². The van der Waals surface area contributed by atoms with Crippen molar-refractivity contribution < 1.29 is 35.6 Å². The lowest BCUT2D eigenvalue weighted by molar-refractivity contribution is -0.143. The van der Waals surface area contributed by atoms with E-state index in [0.717, 1.165) is 0 Å². The zero-order chi connectivity index (χ0) is 24.8. The molecule has 1 aliphatic rings. The average Bonchev–Trinajstić information content (AvgIpc) is 3.12. The van der Waals surface area contributed by atoms with Crippen molar-refractivity contribution in [3.63, 3.8) is 0 Å². The molecule has 1 unspecified atom stereocenters. The fourth-order valence-electron chi connectivity index (χ4n) is 3.79. The normalized spacial score (nSPS) is 16.4. The zero-order valence-corrected chi connectivity index (χ0v) is 18.4. The summed E-state index contributed by atoms with van der Waals surface area (Å²) in [6, 6.07) is -0.875. The molecule has 0 fully saturated rings. The smallest absolute Gasteiger partial charge is 0.416 e. The molecule has 0 saturated heterocycles. The molecule has 1 atom stereocenters. The van der Waals surface area contributed by atoms with Crippen LogP contribution >= 0.6 is 23.2 Å². The summed E-state index contributed by atoms with van der Waals surface area (Å²) in [5.74, 6) is 0.715. The van der Waals surface area contributed by atoms with Gasteiger partial charge in [0, 0.05) is 17.7 Å². The number of amides is 2. The molecule has 2 aromatic heterocycles. The van der Waals surface area contributed by atoms with Crippen molar-refractivity contribution in [3.05, 3.63) is 51.6 Å². The van der Waals surface area contributed by atoms with E-state index in [1.54, 1.807) is 0 Å². The third-order valence-electron chi connectivity index (χ3n) is 5.18. The SMILES string of the molecule is O=C(Nc1cc(C(F)(F)F)cc(C(F)(F)F)c1)NC1CCCc2oc3nc(CCl)nc(Cl)c3c21. The van der Waals surface area contributed by atoms with Gasteiger partial charge in [-0.3, -0.25) is 0 Å². The summed E-state index contributed by atoms with van der Waals surface area (Å²) in [5, 5.41) is 5.02. The van der Waals surface area contributed by atoms with Gasteiger partial charge in [-0.05, 0) is 31.0 Å². The van der Waals surface area contributed by atoms with Gasteiger partial charge in [-0.1, -0.05) is 11.6 Å². The lowest BCUT2D eigenvalue weighted by Gasteiger charge is -2.23. The molecule has 182 valence electrons. The molecule has 0 spiro atoms. The molecule has 6 nitrogen and oxygen atoms in total. The second-order valence-corrected chi connectivity index (χ2v) is 8.15. The number of carbonyl (C=O) groups excluding carboxylic acids is 1. The van der Waals surface area contributed by atoms with Crippen LogP contribution in [0.1, 0.15) is 47.2 Å².